The van der Waals surface area contributed by atoms with Crippen LogP contribution in [-0.4, -0.2) is 86.9 Å². The number of urea groups is 1. The smallest absolute Gasteiger partial charge is 0.407 e. The Labute approximate surface area is 263 Å². The zero-order valence-corrected chi connectivity index (χ0v) is 28.3. The number of amides is 3. The van der Waals surface area contributed by atoms with Crippen LogP contribution in [0.25, 0.3) is 0 Å². The first-order valence-electron chi connectivity index (χ1n) is 17.6. The van der Waals surface area contributed by atoms with Gasteiger partial charge in [0, 0.05) is 51.9 Å². The van der Waals surface area contributed by atoms with Gasteiger partial charge in [0.1, 0.15) is 6.10 Å². The maximum Gasteiger partial charge on any atom is 0.407 e. The number of carbonyl (C=O) groups excluding carboxylic acids is 3. The summed E-state index contributed by atoms with van der Waals surface area (Å²) in [6, 6.07) is -0.231. The third kappa shape index (κ3) is 22.2. The minimum Gasteiger partial charge on any atom is -0.462 e. The number of esters is 1. The second-order valence-corrected chi connectivity index (χ2v) is 12.6. The summed E-state index contributed by atoms with van der Waals surface area (Å²) in [5.74, 6) is -0.307. The van der Waals surface area contributed by atoms with Crippen LogP contribution in [0.1, 0.15) is 142 Å². The third-order valence-corrected chi connectivity index (χ3v) is 8.30. The van der Waals surface area contributed by atoms with E-state index < -0.39 is 6.09 Å². The predicted octanol–water partition coefficient (Wildman–Crippen LogP) is 7.42. The molecule has 1 heterocycles. The Hall–Kier alpha value is -2.03. The molecule has 1 aliphatic heterocycles. The summed E-state index contributed by atoms with van der Waals surface area (Å²) in [5, 5.41) is 5.85. The molecule has 9 heteroatoms. The zero-order valence-electron chi connectivity index (χ0n) is 28.3. The molecule has 43 heavy (non-hydrogen) atoms. The Kier molecular flexibility index (Phi) is 23.9. The van der Waals surface area contributed by atoms with Gasteiger partial charge in [-0.25, -0.2) is 9.59 Å². The van der Waals surface area contributed by atoms with Crippen LogP contribution in [0, 0.1) is 0 Å². The molecule has 1 aliphatic rings. The Morgan fingerprint density at radius 2 is 1.30 bits per heavy atom. The predicted molar refractivity (Wildman–Crippen MR) is 175 cm³/mol. The first-order chi connectivity index (χ1) is 20.8. The van der Waals surface area contributed by atoms with E-state index >= 15 is 0 Å². The van der Waals surface area contributed by atoms with E-state index in [2.05, 4.69) is 22.5 Å². The SMILES string of the molecule is CCCCCCCCCCCCCCCCCCNC(=O)N1CCC(OC(C)=O)CC1CCOC(=O)NCCCN(C)C. The first kappa shape index (κ1) is 39.0. The van der Waals surface area contributed by atoms with Gasteiger partial charge >= 0.3 is 18.1 Å². The fourth-order valence-electron chi connectivity index (χ4n) is 5.79. The molecule has 0 radical (unpaired) electrons. The van der Waals surface area contributed by atoms with E-state index in [9.17, 15) is 14.4 Å². The number of alkyl carbamates (subject to hydrolysis) is 1. The Morgan fingerprint density at radius 3 is 1.84 bits per heavy atom. The highest BCUT2D eigenvalue weighted by atomic mass is 16.5. The molecule has 9 nitrogen and oxygen atoms in total. The van der Waals surface area contributed by atoms with Crippen LogP contribution >= 0.6 is 0 Å². The number of likely N-dealkylation sites (tertiary alicyclic amines) is 1. The number of rotatable bonds is 25. The number of nitrogens with one attached hydrogen (secondary N) is 2. The van der Waals surface area contributed by atoms with E-state index in [1.807, 2.05) is 19.0 Å². The van der Waals surface area contributed by atoms with Crippen molar-refractivity contribution in [2.45, 2.75) is 154 Å². The lowest BCUT2D eigenvalue weighted by atomic mass is 9.97. The van der Waals surface area contributed by atoms with E-state index in [1.54, 1.807) is 0 Å². The summed E-state index contributed by atoms with van der Waals surface area (Å²) >= 11 is 0. The normalized spacial score (nSPS) is 16.7. The molecule has 1 saturated heterocycles. The van der Waals surface area contributed by atoms with Crippen molar-refractivity contribution < 1.29 is 23.9 Å². The van der Waals surface area contributed by atoms with Gasteiger partial charge in [0.25, 0.3) is 0 Å². The molecule has 0 aromatic heterocycles. The number of unbranched alkanes of at least 4 members (excludes halogenated alkanes) is 15. The van der Waals surface area contributed by atoms with Crippen molar-refractivity contribution in [2.24, 2.45) is 0 Å². The Balaban J connectivity index is 2.17. The van der Waals surface area contributed by atoms with Crippen molar-refractivity contribution in [1.82, 2.24) is 20.4 Å². The molecule has 0 bridgehead atoms. The highest BCUT2D eigenvalue weighted by molar-refractivity contribution is 5.74. The van der Waals surface area contributed by atoms with Crippen LogP contribution in [0.3, 0.4) is 0 Å². The monoisotopic (exact) mass is 611 g/mol. The largest absolute Gasteiger partial charge is 0.462 e. The summed E-state index contributed by atoms with van der Waals surface area (Å²) < 4.78 is 10.8. The van der Waals surface area contributed by atoms with E-state index in [0.717, 1.165) is 25.8 Å². The van der Waals surface area contributed by atoms with Crippen LogP contribution in [-0.2, 0) is 14.3 Å². The summed E-state index contributed by atoms with van der Waals surface area (Å²) in [7, 11) is 3.99. The van der Waals surface area contributed by atoms with Crippen molar-refractivity contribution in [3.05, 3.63) is 0 Å². The number of piperidine rings is 1. The average molecular weight is 611 g/mol. The maximum absolute atomic E-state index is 13.0. The first-order valence-corrected chi connectivity index (χ1v) is 17.6. The number of nitrogens with zero attached hydrogens (tertiary/aromatic N) is 2. The lowest BCUT2D eigenvalue weighted by Crippen LogP contribution is -2.52. The average Bonchev–Trinajstić information content (AvgIpc) is 2.96. The van der Waals surface area contributed by atoms with Crippen LogP contribution < -0.4 is 10.6 Å². The lowest BCUT2D eigenvalue weighted by molar-refractivity contribution is -0.149. The molecule has 0 aliphatic carbocycles. The molecule has 0 aromatic rings. The molecule has 1 fully saturated rings. The van der Waals surface area contributed by atoms with Crippen molar-refractivity contribution in [2.75, 3.05) is 46.9 Å². The number of carbonyl (C=O) groups is 3. The van der Waals surface area contributed by atoms with Crippen LogP contribution in [0.2, 0.25) is 0 Å². The molecular weight excluding hydrogens is 544 g/mol. The lowest BCUT2D eigenvalue weighted by Gasteiger charge is -2.39. The summed E-state index contributed by atoms with van der Waals surface area (Å²) in [6.45, 7) is 6.53. The van der Waals surface area contributed by atoms with Gasteiger partial charge in [-0.05, 0) is 33.5 Å². The molecule has 0 spiro atoms. The van der Waals surface area contributed by atoms with Gasteiger partial charge in [-0.3, -0.25) is 4.79 Å². The fraction of sp³-hybridized carbons (Fsp3) is 0.912. The summed E-state index contributed by atoms with van der Waals surface area (Å²) in [6.07, 6.45) is 23.1. The number of ether oxygens (including phenoxy) is 2. The zero-order chi connectivity index (χ0) is 31.5. The van der Waals surface area contributed by atoms with Gasteiger partial charge in [0.05, 0.1) is 6.61 Å². The molecule has 0 saturated carbocycles. The fourth-order valence-corrected chi connectivity index (χ4v) is 5.79. The number of hydrogen-bond acceptors (Lipinski definition) is 6. The van der Waals surface area contributed by atoms with Crippen LogP contribution in [0.15, 0.2) is 0 Å². The summed E-state index contributed by atoms with van der Waals surface area (Å²) in [4.78, 5) is 40.4. The van der Waals surface area contributed by atoms with Crippen molar-refractivity contribution in [3.8, 4) is 0 Å². The van der Waals surface area contributed by atoms with Gasteiger partial charge in [-0.1, -0.05) is 103 Å². The Morgan fingerprint density at radius 1 is 0.767 bits per heavy atom. The van der Waals surface area contributed by atoms with Gasteiger partial charge in [0.2, 0.25) is 0 Å². The van der Waals surface area contributed by atoms with Crippen molar-refractivity contribution >= 4 is 18.1 Å². The van der Waals surface area contributed by atoms with E-state index in [-0.39, 0.29) is 30.8 Å². The Bertz CT molecular complexity index is 721. The topological polar surface area (TPSA) is 100 Å². The summed E-state index contributed by atoms with van der Waals surface area (Å²) in [5.41, 5.74) is 0. The number of hydrogen-bond donors (Lipinski definition) is 2. The standard InChI is InChI=1S/C34H66N4O5/c1-5-6-7-8-9-10-11-12-13-14-15-16-17-18-19-20-24-35-33(40)38-27-22-32(43-30(2)39)29-31(38)23-28-42-34(41)36-25-21-26-37(3)4/h31-32H,5-29H2,1-4H3,(H,35,40)(H,36,41). The van der Waals surface area contributed by atoms with Crippen LogP contribution in [0.5, 0.6) is 0 Å². The molecule has 2 atom stereocenters. The van der Waals surface area contributed by atoms with E-state index in [0.29, 0.717) is 38.9 Å². The second kappa shape index (κ2) is 26.4. The van der Waals surface area contributed by atoms with Crippen molar-refractivity contribution in [3.63, 3.8) is 0 Å². The van der Waals surface area contributed by atoms with Crippen LogP contribution in [0.4, 0.5) is 9.59 Å². The third-order valence-electron chi connectivity index (χ3n) is 8.30. The van der Waals surface area contributed by atoms with Gasteiger partial charge < -0.3 is 29.9 Å². The van der Waals surface area contributed by atoms with E-state index in [4.69, 9.17) is 9.47 Å². The van der Waals surface area contributed by atoms with Crippen molar-refractivity contribution in [1.29, 1.82) is 0 Å². The van der Waals surface area contributed by atoms with Gasteiger partial charge in [-0.2, -0.15) is 0 Å². The molecular formula is C34H66N4O5. The molecule has 1 rings (SSSR count). The maximum atomic E-state index is 13.0. The molecule has 2 N–H and O–H groups in total. The minimum absolute atomic E-state index is 0.0830. The highest BCUT2D eigenvalue weighted by Gasteiger charge is 2.33. The molecule has 3 amide bonds. The van der Waals surface area contributed by atoms with E-state index in [1.165, 1.54) is 96.8 Å². The molecule has 0 aromatic carbocycles. The molecule has 2 unspecified atom stereocenters. The minimum atomic E-state index is -0.439. The van der Waals surface area contributed by atoms with Gasteiger partial charge in [-0.15, -0.1) is 0 Å². The molecule has 252 valence electrons. The second-order valence-electron chi connectivity index (χ2n) is 12.6. The quantitative estimate of drug-likeness (QED) is 0.0824. The van der Waals surface area contributed by atoms with Gasteiger partial charge in [0.15, 0.2) is 0 Å². The highest BCUT2D eigenvalue weighted by Crippen LogP contribution is 2.23.